The van der Waals surface area contributed by atoms with E-state index in [1.807, 2.05) is 12.1 Å². The summed E-state index contributed by atoms with van der Waals surface area (Å²) >= 11 is 9.25. The summed E-state index contributed by atoms with van der Waals surface area (Å²) in [5.74, 6) is 1.01. The minimum Gasteiger partial charge on any atom is -0.497 e. The number of hydrogen-bond acceptors (Lipinski definition) is 2. The van der Waals surface area contributed by atoms with Crippen LogP contribution in [0.1, 0.15) is 11.1 Å². The van der Waals surface area contributed by atoms with Crippen LogP contribution in [0.5, 0.6) is 11.5 Å². The van der Waals surface area contributed by atoms with E-state index in [9.17, 15) is 4.39 Å². The Morgan fingerprint density at radius 2 is 1.95 bits per heavy atom. The van der Waals surface area contributed by atoms with Crippen LogP contribution in [0.15, 0.2) is 36.4 Å². The summed E-state index contributed by atoms with van der Waals surface area (Å²) < 4.78 is 24.5. The third-order valence-electron chi connectivity index (χ3n) is 2.81. The Labute approximate surface area is 130 Å². The maximum Gasteiger partial charge on any atom is 0.129 e. The highest BCUT2D eigenvalue weighted by atomic mass is 79.9. The summed E-state index contributed by atoms with van der Waals surface area (Å²) in [6, 6.07) is 9.93. The zero-order chi connectivity index (χ0) is 14.5. The zero-order valence-corrected chi connectivity index (χ0v) is 13.2. The molecule has 0 heterocycles. The molecule has 5 heteroatoms. The number of hydrogen-bond donors (Lipinski definition) is 0. The average molecular weight is 360 g/mol. The van der Waals surface area contributed by atoms with Gasteiger partial charge in [0.25, 0.3) is 0 Å². The number of alkyl halides is 1. The van der Waals surface area contributed by atoms with Gasteiger partial charge in [0.05, 0.1) is 7.11 Å². The van der Waals surface area contributed by atoms with Gasteiger partial charge in [-0.15, -0.1) is 0 Å². The van der Waals surface area contributed by atoms with Gasteiger partial charge in [0.1, 0.15) is 23.9 Å². The number of halogens is 3. The Kier molecular flexibility index (Phi) is 5.26. The molecule has 0 aliphatic heterocycles. The van der Waals surface area contributed by atoms with Gasteiger partial charge in [-0.25, -0.2) is 4.39 Å². The third-order valence-corrected chi connectivity index (χ3v) is 3.65. The van der Waals surface area contributed by atoms with E-state index in [2.05, 4.69) is 15.9 Å². The van der Waals surface area contributed by atoms with Crippen molar-refractivity contribution in [1.29, 1.82) is 0 Å². The molecule has 0 atom stereocenters. The Bertz CT molecular complexity index is 604. The second-order valence-corrected chi connectivity index (χ2v) is 5.13. The first kappa shape index (κ1) is 15.1. The predicted molar refractivity (Wildman–Crippen MR) is 81.4 cm³/mol. The number of methoxy groups -OCH3 is 1. The van der Waals surface area contributed by atoms with Crippen LogP contribution in [0.4, 0.5) is 4.39 Å². The molecule has 2 nitrogen and oxygen atoms in total. The molecule has 0 bridgehead atoms. The summed E-state index contributed by atoms with van der Waals surface area (Å²) in [4.78, 5) is 0. The van der Waals surface area contributed by atoms with E-state index in [1.54, 1.807) is 19.2 Å². The molecule has 0 saturated heterocycles. The standard InChI is InChI=1S/C15H13BrClFO2/c1-19-13-4-2-10(8-16)15(7-13)20-9-11-6-12(17)3-5-14(11)18/h2-7H,8-9H2,1H3. The molecule has 0 unspecified atom stereocenters. The fourth-order valence-electron chi connectivity index (χ4n) is 1.72. The van der Waals surface area contributed by atoms with E-state index in [0.717, 1.165) is 5.56 Å². The minimum absolute atomic E-state index is 0.111. The monoisotopic (exact) mass is 358 g/mol. The van der Waals surface area contributed by atoms with Crippen molar-refractivity contribution in [3.8, 4) is 11.5 Å². The van der Waals surface area contributed by atoms with Gasteiger partial charge in [0.2, 0.25) is 0 Å². The van der Waals surface area contributed by atoms with Gasteiger partial charge in [-0.2, -0.15) is 0 Å². The van der Waals surface area contributed by atoms with Crippen molar-refractivity contribution in [2.75, 3.05) is 7.11 Å². The minimum atomic E-state index is -0.335. The van der Waals surface area contributed by atoms with Gasteiger partial charge in [-0.3, -0.25) is 0 Å². The molecule has 20 heavy (non-hydrogen) atoms. The molecule has 0 radical (unpaired) electrons. The highest BCUT2D eigenvalue weighted by Gasteiger charge is 2.08. The van der Waals surface area contributed by atoms with E-state index in [-0.39, 0.29) is 12.4 Å². The quantitative estimate of drug-likeness (QED) is 0.702. The normalized spacial score (nSPS) is 10.4. The molecular weight excluding hydrogens is 347 g/mol. The van der Waals surface area contributed by atoms with Crippen LogP contribution < -0.4 is 9.47 Å². The molecule has 2 aromatic carbocycles. The van der Waals surface area contributed by atoms with Gasteiger partial charge in [-0.1, -0.05) is 33.6 Å². The van der Waals surface area contributed by atoms with Crippen molar-refractivity contribution in [2.24, 2.45) is 0 Å². The summed E-state index contributed by atoms with van der Waals surface area (Å²) in [6.45, 7) is 0.111. The Hall–Kier alpha value is -1.26. The average Bonchev–Trinajstić information content (AvgIpc) is 2.47. The van der Waals surface area contributed by atoms with Crippen molar-refractivity contribution < 1.29 is 13.9 Å². The van der Waals surface area contributed by atoms with Crippen molar-refractivity contribution >= 4 is 27.5 Å². The Balaban J connectivity index is 2.19. The molecule has 106 valence electrons. The van der Waals surface area contributed by atoms with Gasteiger partial charge < -0.3 is 9.47 Å². The molecule has 2 aromatic rings. The largest absolute Gasteiger partial charge is 0.497 e. The molecule has 0 aliphatic rings. The summed E-state index contributed by atoms with van der Waals surface area (Å²) in [7, 11) is 1.59. The maximum absolute atomic E-state index is 13.6. The first-order chi connectivity index (χ1) is 9.63. The van der Waals surface area contributed by atoms with E-state index in [0.29, 0.717) is 27.4 Å². The lowest BCUT2D eigenvalue weighted by atomic mass is 10.2. The second-order valence-electron chi connectivity index (χ2n) is 4.13. The zero-order valence-electron chi connectivity index (χ0n) is 10.8. The number of benzene rings is 2. The molecule has 2 rings (SSSR count). The molecular formula is C15H13BrClFO2. The second kappa shape index (κ2) is 6.95. The lowest BCUT2D eigenvalue weighted by Crippen LogP contribution is -2.01. The van der Waals surface area contributed by atoms with Crippen LogP contribution in [0.25, 0.3) is 0 Å². The van der Waals surface area contributed by atoms with Gasteiger partial charge >= 0.3 is 0 Å². The predicted octanol–water partition coefficient (Wildman–Crippen LogP) is 4.96. The van der Waals surface area contributed by atoms with E-state index < -0.39 is 0 Å². The van der Waals surface area contributed by atoms with Crippen molar-refractivity contribution in [3.05, 3.63) is 58.4 Å². The van der Waals surface area contributed by atoms with Gasteiger partial charge in [0, 0.05) is 27.5 Å². The van der Waals surface area contributed by atoms with Crippen molar-refractivity contribution in [1.82, 2.24) is 0 Å². The molecule has 0 amide bonds. The molecule has 0 saturated carbocycles. The van der Waals surface area contributed by atoms with E-state index in [4.69, 9.17) is 21.1 Å². The third kappa shape index (κ3) is 3.64. The highest BCUT2D eigenvalue weighted by molar-refractivity contribution is 9.08. The summed E-state index contributed by atoms with van der Waals surface area (Å²) in [5, 5.41) is 1.13. The molecule has 0 aromatic heterocycles. The lowest BCUT2D eigenvalue weighted by Gasteiger charge is -2.12. The van der Waals surface area contributed by atoms with Crippen LogP contribution in [-0.4, -0.2) is 7.11 Å². The first-order valence-corrected chi connectivity index (χ1v) is 7.43. The first-order valence-electron chi connectivity index (χ1n) is 5.93. The Morgan fingerprint density at radius 3 is 2.65 bits per heavy atom. The van der Waals surface area contributed by atoms with Crippen molar-refractivity contribution in [3.63, 3.8) is 0 Å². The summed E-state index contributed by atoms with van der Waals surface area (Å²) in [5.41, 5.74) is 1.38. The van der Waals surface area contributed by atoms with E-state index >= 15 is 0 Å². The molecule has 0 spiro atoms. The number of rotatable bonds is 5. The topological polar surface area (TPSA) is 18.5 Å². The smallest absolute Gasteiger partial charge is 0.129 e. The lowest BCUT2D eigenvalue weighted by molar-refractivity contribution is 0.295. The van der Waals surface area contributed by atoms with Crippen LogP contribution in [0, 0.1) is 5.82 Å². The van der Waals surface area contributed by atoms with Gasteiger partial charge in [0.15, 0.2) is 0 Å². The van der Waals surface area contributed by atoms with Crippen LogP contribution in [0.2, 0.25) is 5.02 Å². The summed E-state index contributed by atoms with van der Waals surface area (Å²) in [6.07, 6.45) is 0. The molecule has 0 aliphatic carbocycles. The fourth-order valence-corrected chi connectivity index (χ4v) is 2.37. The Morgan fingerprint density at radius 1 is 1.15 bits per heavy atom. The molecule has 0 N–H and O–H groups in total. The maximum atomic E-state index is 13.6. The van der Waals surface area contributed by atoms with Gasteiger partial charge in [-0.05, 0) is 24.3 Å². The van der Waals surface area contributed by atoms with Crippen LogP contribution in [-0.2, 0) is 11.9 Å². The van der Waals surface area contributed by atoms with E-state index in [1.165, 1.54) is 12.1 Å². The number of ether oxygens (including phenoxy) is 2. The van der Waals surface area contributed by atoms with Crippen LogP contribution >= 0.6 is 27.5 Å². The SMILES string of the molecule is COc1ccc(CBr)c(OCc2cc(Cl)ccc2F)c1. The molecule has 0 fully saturated rings. The van der Waals surface area contributed by atoms with Crippen molar-refractivity contribution in [2.45, 2.75) is 11.9 Å². The van der Waals surface area contributed by atoms with Crippen LogP contribution in [0.3, 0.4) is 0 Å². The highest BCUT2D eigenvalue weighted by Crippen LogP contribution is 2.28. The fraction of sp³-hybridized carbons (Fsp3) is 0.200.